The molecule has 0 aromatic heterocycles. The molecule has 2 N–H and O–H groups in total. The lowest BCUT2D eigenvalue weighted by Gasteiger charge is -2.47. The fourth-order valence-electron chi connectivity index (χ4n) is 3.48. The molecule has 0 radical (unpaired) electrons. The van der Waals surface area contributed by atoms with Crippen molar-refractivity contribution in [2.45, 2.75) is 50.1 Å². The Hall–Kier alpha value is -0.520. The Labute approximate surface area is 133 Å². The van der Waals surface area contributed by atoms with Gasteiger partial charge < -0.3 is 10.6 Å². The van der Waals surface area contributed by atoms with Gasteiger partial charge in [0.2, 0.25) is 0 Å². The van der Waals surface area contributed by atoms with Crippen LogP contribution in [0.2, 0.25) is 0 Å². The van der Waals surface area contributed by atoms with Gasteiger partial charge in [0, 0.05) is 17.1 Å². The van der Waals surface area contributed by atoms with Crippen LogP contribution in [0.5, 0.6) is 0 Å². The maximum Gasteiger partial charge on any atom is 0.143 e. The van der Waals surface area contributed by atoms with E-state index in [9.17, 15) is 8.78 Å². The van der Waals surface area contributed by atoms with Crippen LogP contribution in [0, 0.1) is 11.6 Å². The SMILES string of the molecule is CN(C)C1(C(N)Cc2c(F)ccc(Br)c2F)CCCCC1. The van der Waals surface area contributed by atoms with Crippen molar-refractivity contribution in [1.82, 2.24) is 4.90 Å². The van der Waals surface area contributed by atoms with Gasteiger partial charge in [-0.05, 0) is 61.4 Å². The maximum absolute atomic E-state index is 14.2. The standard InChI is InChI=1S/C16H23BrF2N2/c1-21(2)16(8-4-3-5-9-16)14(20)10-11-13(18)7-6-12(17)15(11)19/h6-7,14H,3-5,8-10,20H2,1-2H3. The van der Waals surface area contributed by atoms with Crippen LogP contribution in [-0.4, -0.2) is 30.6 Å². The van der Waals surface area contributed by atoms with Crippen LogP contribution in [0.3, 0.4) is 0 Å². The lowest BCUT2D eigenvalue weighted by atomic mass is 9.74. The van der Waals surface area contributed by atoms with E-state index in [4.69, 9.17) is 5.73 Å². The number of benzene rings is 1. The van der Waals surface area contributed by atoms with E-state index >= 15 is 0 Å². The zero-order valence-corrected chi connectivity index (χ0v) is 14.2. The molecule has 2 rings (SSSR count). The molecule has 0 aliphatic heterocycles. The first kappa shape index (κ1) is 16.8. The third kappa shape index (κ3) is 3.30. The molecule has 0 spiro atoms. The van der Waals surface area contributed by atoms with Crippen molar-refractivity contribution in [1.29, 1.82) is 0 Å². The van der Waals surface area contributed by atoms with Gasteiger partial charge in [0.1, 0.15) is 11.6 Å². The fraction of sp³-hybridized carbons (Fsp3) is 0.625. The van der Waals surface area contributed by atoms with E-state index in [1.54, 1.807) is 0 Å². The molecule has 1 aromatic carbocycles. The minimum Gasteiger partial charge on any atom is -0.326 e. The second-order valence-electron chi connectivity index (χ2n) is 6.19. The molecule has 1 saturated carbocycles. The van der Waals surface area contributed by atoms with Gasteiger partial charge in [0.05, 0.1) is 4.47 Å². The summed E-state index contributed by atoms with van der Waals surface area (Å²) < 4.78 is 28.4. The Bertz CT molecular complexity index is 499. The van der Waals surface area contributed by atoms with E-state index in [-0.39, 0.29) is 28.0 Å². The predicted octanol–water partition coefficient (Wildman–Crippen LogP) is 3.86. The Morgan fingerprint density at radius 1 is 1.24 bits per heavy atom. The van der Waals surface area contributed by atoms with E-state index < -0.39 is 11.6 Å². The quantitative estimate of drug-likeness (QED) is 0.826. The lowest BCUT2D eigenvalue weighted by Crippen LogP contribution is -2.59. The molecule has 1 unspecified atom stereocenters. The number of rotatable bonds is 4. The van der Waals surface area contributed by atoms with Crippen LogP contribution >= 0.6 is 15.9 Å². The number of nitrogens with two attached hydrogens (primary N) is 1. The van der Waals surface area contributed by atoms with E-state index in [0.29, 0.717) is 0 Å². The summed E-state index contributed by atoms with van der Waals surface area (Å²) in [5.74, 6) is -1.05. The highest BCUT2D eigenvalue weighted by Crippen LogP contribution is 2.36. The van der Waals surface area contributed by atoms with E-state index in [0.717, 1.165) is 25.7 Å². The zero-order chi connectivity index (χ0) is 15.6. The van der Waals surface area contributed by atoms with Gasteiger partial charge in [-0.2, -0.15) is 0 Å². The molecular weight excluding hydrogens is 338 g/mol. The van der Waals surface area contributed by atoms with Crippen LogP contribution in [-0.2, 0) is 6.42 Å². The maximum atomic E-state index is 14.2. The summed E-state index contributed by atoms with van der Waals surface area (Å²) in [5.41, 5.74) is 6.33. The van der Waals surface area contributed by atoms with Crippen LogP contribution in [0.15, 0.2) is 16.6 Å². The van der Waals surface area contributed by atoms with Crippen molar-refractivity contribution in [2.24, 2.45) is 5.73 Å². The van der Waals surface area contributed by atoms with Gasteiger partial charge in [-0.1, -0.05) is 19.3 Å². The molecule has 1 fully saturated rings. The largest absolute Gasteiger partial charge is 0.326 e. The monoisotopic (exact) mass is 360 g/mol. The van der Waals surface area contributed by atoms with Gasteiger partial charge in [-0.3, -0.25) is 0 Å². The first-order valence-electron chi connectivity index (χ1n) is 7.44. The number of nitrogens with zero attached hydrogens (tertiary/aromatic N) is 1. The highest BCUT2D eigenvalue weighted by Gasteiger charge is 2.40. The van der Waals surface area contributed by atoms with Crippen LogP contribution in [0.25, 0.3) is 0 Å². The van der Waals surface area contributed by atoms with Gasteiger partial charge in [0.25, 0.3) is 0 Å². The molecular formula is C16H23BrF2N2. The van der Waals surface area contributed by atoms with Crippen LogP contribution in [0.1, 0.15) is 37.7 Å². The van der Waals surface area contributed by atoms with Crippen molar-refractivity contribution in [3.63, 3.8) is 0 Å². The molecule has 1 aliphatic rings. The van der Waals surface area contributed by atoms with Crippen LogP contribution in [0.4, 0.5) is 8.78 Å². The number of likely N-dealkylation sites (N-methyl/N-ethyl adjacent to an activating group) is 1. The Morgan fingerprint density at radius 3 is 2.43 bits per heavy atom. The predicted molar refractivity (Wildman–Crippen MR) is 85.2 cm³/mol. The third-order valence-electron chi connectivity index (χ3n) is 4.86. The molecule has 118 valence electrons. The first-order valence-corrected chi connectivity index (χ1v) is 8.23. The molecule has 1 aromatic rings. The highest BCUT2D eigenvalue weighted by atomic mass is 79.9. The molecule has 1 atom stereocenters. The second-order valence-corrected chi connectivity index (χ2v) is 7.05. The molecule has 0 amide bonds. The summed E-state index contributed by atoms with van der Waals surface area (Å²) in [5, 5.41) is 0. The topological polar surface area (TPSA) is 29.3 Å². The molecule has 0 bridgehead atoms. The van der Waals surface area contributed by atoms with Crippen molar-refractivity contribution in [2.75, 3.05) is 14.1 Å². The van der Waals surface area contributed by atoms with Crippen molar-refractivity contribution in [3.05, 3.63) is 33.8 Å². The number of halogens is 3. The van der Waals surface area contributed by atoms with Gasteiger partial charge in [0.15, 0.2) is 0 Å². The third-order valence-corrected chi connectivity index (χ3v) is 5.48. The number of hydrogen-bond donors (Lipinski definition) is 1. The summed E-state index contributed by atoms with van der Waals surface area (Å²) in [6, 6.07) is 2.39. The Balaban J connectivity index is 2.27. The van der Waals surface area contributed by atoms with Gasteiger partial charge >= 0.3 is 0 Å². The average molecular weight is 361 g/mol. The fourth-order valence-corrected chi connectivity index (χ4v) is 3.85. The van der Waals surface area contributed by atoms with Gasteiger partial charge in [-0.15, -0.1) is 0 Å². The Morgan fingerprint density at radius 2 is 1.86 bits per heavy atom. The summed E-state index contributed by atoms with van der Waals surface area (Å²) in [6.07, 6.45) is 5.64. The average Bonchev–Trinajstić information content (AvgIpc) is 2.48. The van der Waals surface area contributed by atoms with Crippen molar-refractivity contribution >= 4 is 15.9 Å². The summed E-state index contributed by atoms with van der Waals surface area (Å²) in [7, 11) is 4.03. The Kier molecular flexibility index (Phi) is 5.38. The number of hydrogen-bond acceptors (Lipinski definition) is 2. The summed E-state index contributed by atoms with van der Waals surface area (Å²) in [4.78, 5) is 2.14. The lowest BCUT2D eigenvalue weighted by molar-refractivity contribution is 0.0710. The molecule has 0 heterocycles. The van der Waals surface area contributed by atoms with Crippen LogP contribution < -0.4 is 5.73 Å². The normalized spacial score (nSPS) is 19.8. The summed E-state index contributed by atoms with van der Waals surface area (Å²) in [6.45, 7) is 0. The molecule has 5 heteroatoms. The summed E-state index contributed by atoms with van der Waals surface area (Å²) >= 11 is 3.12. The highest BCUT2D eigenvalue weighted by molar-refractivity contribution is 9.10. The van der Waals surface area contributed by atoms with Crippen molar-refractivity contribution in [3.8, 4) is 0 Å². The minimum absolute atomic E-state index is 0.0867. The second kappa shape index (κ2) is 6.71. The smallest absolute Gasteiger partial charge is 0.143 e. The first-order chi connectivity index (χ1) is 9.88. The zero-order valence-electron chi connectivity index (χ0n) is 12.6. The van der Waals surface area contributed by atoms with E-state index in [1.807, 2.05) is 14.1 Å². The van der Waals surface area contributed by atoms with Gasteiger partial charge in [-0.25, -0.2) is 8.78 Å². The minimum atomic E-state index is -0.532. The molecule has 1 aliphatic carbocycles. The molecule has 0 saturated heterocycles. The molecule has 21 heavy (non-hydrogen) atoms. The molecule has 2 nitrogen and oxygen atoms in total. The van der Waals surface area contributed by atoms with E-state index in [1.165, 1.54) is 18.6 Å². The van der Waals surface area contributed by atoms with E-state index in [2.05, 4.69) is 20.8 Å². The van der Waals surface area contributed by atoms with Crippen molar-refractivity contribution < 1.29 is 8.78 Å².